The number of hydrogen-bond acceptors (Lipinski definition) is 2. The van der Waals surface area contributed by atoms with Gasteiger partial charge in [-0.25, -0.2) is 0 Å². The van der Waals surface area contributed by atoms with Crippen LogP contribution in [0.15, 0.2) is 33.9 Å². The topological polar surface area (TPSA) is 29.1 Å². The Morgan fingerprint density at radius 1 is 1.50 bits per heavy atom. The molecule has 0 radical (unpaired) electrons. The van der Waals surface area contributed by atoms with Gasteiger partial charge in [0.25, 0.3) is 0 Å². The van der Waals surface area contributed by atoms with Crippen LogP contribution in [0.3, 0.4) is 0 Å². The van der Waals surface area contributed by atoms with Crippen LogP contribution in [0.1, 0.15) is 19.8 Å². The van der Waals surface area contributed by atoms with Crippen LogP contribution < -0.4 is 5.32 Å². The first-order valence-corrected chi connectivity index (χ1v) is 6.14. The van der Waals surface area contributed by atoms with Crippen molar-refractivity contribution in [1.82, 2.24) is 5.32 Å². The van der Waals surface area contributed by atoms with Gasteiger partial charge >= 0.3 is 0 Å². The van der Waals surface area contributed by atoms with Gasteiger partial charge in [-0.05, 0) is 42.6 Å². The fraction of sp³-hybridized carbons (Fsp3) is 0.462. The Morgan fingerprint density at radius 2 is 2.31 bits per heavy atom. The standard InChI is InChI=1S/C13H14ClNO/c1-7-13(16)9-4-2-3-8-5-11(14)10(6-15-7)12(8)9/h3,5,7,9,15H,2,4,6H2,1H3. The predicted octanol–water partition coefficient (Wildman–Crippen LogP) is 2.32. The molecule has 0 spiro atoms. The maximum Gasteiger partial charge on any atom is 0.156 e. The molecule has 0 bridgehead atoms. The van der Waals surface area contributed by atoms with E-state index in [0.717, 1.165) is 23.4 Å². The molecule has 0 aromatic heterocycles. The monoisotopic (exact) mass is 235 g/mol. The smallest absolute Gasteiger partial charge is 0.156 e. The van der Waals surface area contributed by atoms with Crippen molar-refractivity contribution < 1.29 is 4.79 Å². The van der Waals surface area contributed by atoms with Gasteiger partial charge in [0.2, 0.25) is 0 Å². The SMILES string of the molecule is CC1NCC2=C3C(=CCCC3C1=O)C=C2Cl. The van der Waals surface area contributed by atoms with E-state index < -0.39 is 0 Å². The van der Waals surface area contributed by atoms with Crippen LogP contribution >= 0.6 is 11.6 Å². The third-order valence-corrected chi connectivity index (χ3v) is 4.07. The van der Waals surface area contributed by atoms with E-state index in [4.69, 9.17) is 11.6 Å². The summed E-state index contributed by atoms with van der Waals surface area (Å²) in [6, 6.07) is -0.0561. The lowest BCUT2D eigenvalue weighted by Gasteiger charge is -2.23. The second-order valence-corrected chi connectivity index (χ2v) is 5.09. The fourth-order valence-electron chi connectivity index (χ4n) is 2.86. The zero-order valence-electron chi connectivity index (χ0n) is 9.22. The van der Waals surface area contributed by atoms with Crippen LogP contribution in [0.4, 0.5) is 0 Å². The summed E-state index contributed by atoms with van der Waals surface area (Å²) in [7, 11) is 0. The number of carbonyl (C=O) groups is 1. The van der Waals surface area contributed by atoms with Gasteiger partial charge < -0.3 is 5.32 Å². The van der Waals surface area contributed by atoms with Crippen molar-refractivity contribution in [3.05, 3.63) is 33.9 Å². The van der Waals surface area contributed by atoms with E-state index in [1.165, 1.54) is 11.1 Å². The van der Waals surface area contributed by atoms with Crippen molar-refractivity contribution in [2.24, 2.45) is 5.92 Å². The first kappa shape index (κ1) is 10.3. The molecule has 16 heavy (non-hydrogen) atoms. The number of carbonyl (C=O) groups excluding carboxylic acids is 1. The van der Waals surface area contributed by atoms with E-state index in [9.17, 15) is 4.79 Å². The first-order chi connectivity index (χ1) is 7.68. The molecule has 2 aliphatic carbocycles. The molecule has 0 amide bonds. The molecule has 0 fully saturated rings. The molecule has 0 aromatic rings. The van der Waals surface area contributed by atoms with Gasteiger partial charge in [-0.3, -0.25) is 4.79 Å². The Bertz CT molecular complexity index is 459. The second-order valence-electron chi connectivity index (χ2n) is 4.68. The van der Waals surface area contributed by atoms with Crippen LogP contribution in [0.25, 0.3) is 0 Å². The van der Waals surface area contributed by atoms with Crippen molar-refractivity contribution in [2.75, 3.05) is 6.54 Å². The molecule has 2 unspecified atom stereocenters. The molecule has 3 rings (SSSR count). The molecule has 1 aliphatic heterocycles. The highest BCUT2D eigenvalue weighted by Crippen LogP contribution is 2.43. The minimum absolute atomic E-state index is 0.0561. The van der Waals surface area contributed by atoms with Crippen molar-refractivity contribution in [3.63, 3.8) is 0 Å². The summed E-state index contributed by atoms with van der Waals surface area (Å²) in [5, 5.41) is 4.06. The fourth-order valence-corrected chi connectivity index (χ4v) is 3.14. The van der Waals surface area contributed by atoms with Crippen LogP contribution in [0, 0.1) is 5.92 Å². The maximum atomic E-state index is 12.2. The average Bonchev–Trinajstić information content (AvgIpc) is 2.53. The normalized spacial score (nSPS) is 33.2. The molecular weight excluding hydrogens is 222 g/mol. The minimum atomic E-state index is -0.0561. The molecule has 3 heteroatoms. The molecule has 1 heterocycles. The van der Waals surface area contributed by atoms with Gasteiger partial charge in [0, 0.05) is 17.5 Å². The van der Waals surface area contributed by atoms with Crippen LogP contribution in [-0.2, 0) is 4.79 Å². The molecule has 0 saturated heterocycles. The van der Waals surface area contributed by atoms with Gasteiger partial charge in [0.05, 0.1) is 6.04 Å². The summed E-state index contributed by atoms with van der Waals surface area (Å²) in [4.78, 5) is 12.2. The second kappa shape index (κ2) is 3.57. The quantitative estimate of drug-likeness (QED) is 0.698. The number of allylic oxidation sites excluding steroid dienone is 4. The lowest BCUT2D eigenvalue weighted by Crippen LogP contribution is -2.37. The van der Waals surface area contributed by atoms with E-state index in [-0.39, 0.29) is 12.0 Å². The number of ketones is 1. The molecule has 3 aliphatic rings. The molecule has 0 aromatic carbocycles. The number of Topliss-reactive ketones (excluding diaryl/α,β-unsaturated/α-hetero) is 1. The van der Waals surface area contributed by atoms with Crippen LogP contribution in [0.5, 0.6) is 0 Å². The van der Waals surface area contributed by atoms with E-state index in [1.54, 1.807) is 0 Å². The number of nitrogens with one attached hydrogen (secondary N) is 1. The number of halogens is 1. The molecule has 2 atom stereocenters. The van der Waals surface area contributed by atoms with Gasteiger partial charge in [-0.1, -0.05) is 17.7 Å². The number of hydrogen-bond donors (Lipinski definition) is 1. The van der Waals surface area contributed by atoms with Crippen molar-refractivity contribution in [1.29, 1.82) is 0 Å². The predicted molar refractivity (Wildman–Crippen MR) is 64.2 cm³/mol. The molecule has 84 valence electrons. The van der Waals surface area contributed by atoms with Crippen molar-refractivity contribution >= 4 is 17.4 Å². The van der Waals surface area contributed by atoms with E-state index >= 15 is 0 Å². The third kappa shape index (κ3) is 1.33. The highest BCUT2D eigenvalue weighted by Gasteiger charge is 2.37. The van der Waals surface area contributed by atoms with Crippen molar-refractivity contribution in [3.8, 4) is 0 Å². The Labute approximate surface area is 100 Å². The highest BCUT2D eigenvalue weighted by molar-refractivity contribution is 6.33. The van der Waals surface area contributed by atoms with Crippen LogP contribution in [0.2, 0.25) is 0 Å². The van der Waals surface area contributed by atoms with Gasteiger partial charge in [0.1, 0.15) is 0 Å². The lowest BCUT2D eigenvalue weighted by atomic mass is 9.80. The summed E-state index contributed by atoms with van der Waals surface area (Å²) >= 11 is 6.23. The van der Waals surface area contributed by atoms with E-state index in [0.29, 0.717) is 12.3 Å². The molecule has 2 nitrogen and oxygen atoms in total. The lowest BCUT2D eigenvalue weighted by molar-refractivity contribution is -0.123. The Kier molecular flexibility index (Phi) is 2.30. The molecule has 1 N–H and O–H groups in total. The average molecular weight is 236 g/mol. The minimum Gasteiger partial charge on any atom is -0.304 e. The largest absolute Gasteiger partial charge is 0.304 e. The summed E-state index contributed by atoms with van der Waals surface area (Å²) in [6.07, 6.45) is 6.12. The van der Waals surface area contributed by atoms with Gasteiger partial charge in [-0.2, -0.15) is 0 Å². The Morgan fingerprint density at radius 3 is 3.12 bits per heavy atom. The maximum absolute atomic E-state index is 12.2. The van der Waals surface area contributed by atoms with Gasteiger partial charge in [-0.15, -0.1) is 0 Å². The van der Waals surface area contributed by atoms with E-state index in [1.807, 2.05) is 13.0 Å². The van der Waals surface area contributed by atoms with Gasteiger partial charge in [0.15, 0.2) is 5.78 Å². The molecular formula is C13H14ClNO. The van der Waals surface area contributed by atoms with Crippen molar-refractivity contribution in [2.45, 2.75) is 25.8 Å². The zero-order chi connectivity index (χ0) is 11.3. The summed E-state index contributed by atoms with van der Waals surface area (Å²) in [5.74, 6) is 0.378. The summed E-state index contributed by atoms with van der Waals surface area (Å²) in [6.45, 7) is 2.66. The summed E-state index contributed by atoms with van der Waals surface area (Å²) in [5.41, 5.74) is 3.51. The third-order valence-electron chi connectivity index (χ3n) is 3.73. The zero-order valence-corrected chi connectivity index (χ0v) is 9.97. The van der Waals surface area contributed by atoms with Crippen LogP contribution in [-0.4, -0.2) is 18.4 Å². The first-order valence-electron chi connectivity index (χ1n) is 5.76. The Hall–Kier alpha value is -0.860. The summed E-state index contributed by atoms with van der Waals surface area (Å²) < 4.78 is 0. The number of rotatable bonds is 0. The van der Waals surface area contributed by atoms with E-state index in [2.05, 4.69) is 11.4 Å². The molecule has 0 saturated carbocycles. The Balaban J connectivity index is 2.13. The highest BCUT2D eigenvalue weighted by atomic mass is 35.5.